The van der Waals surface area contributed by atoms with Crippen LogP contribution in [0.1, 0.15) is 39.6 Å². The van der Waals surface area contributed by atoms with Gasteiger partial charge in [-0.15, -0.1) is 0 Å². The number of fused-ring (bicyclic) bond motifs is 1. The topological polar surface area (TPSA) is 33.2 Å². The van der Waals surface area contributed by atoms with Crippen LogP contribution in [0, 0.1) is 0 Å². The first-order chi connectivity index (χ1) is 12.9. The minimum Gasteiger partial charge on any atom is -0.338 e. The molecular weight excluding hydrogens is 373 g/mol. The van der Waals surface area contributed by atoms with Gasteiger partial charge < -0.3 is 4.90 Å². The number of hydrogen-bond acceptors (Lipinski definition) is 3. The van der Waals surface area contributed by atoms with E-state index in [9.17, 15) is 18.0 Å². The fourth-order valence-corrected chi connectivity index (χ4v) is 4.52. The van der Waals surface area contributed by atoms with Crippen LogP contribution in [0.2, 0.25) is 0 Å². The van der Waals surface area contributed by atoms with Crippen LogP contribution in [0.4, 0.5) is 13.2 Å². The molecule has 3 nitrogen and oxygen atoms in total. The molecule has 140 valence electrons. The standard InChI is InChI=1S/C20H17F3N2OS/c21-20(22,23)16-7-3-1-5-14(16)13-9-11-25(12-10-13)19(26)18-15-6-2-4-8-17(15)24-27-18/h1-8,13H,9-12H2. The molecule has 1 amide bonds. The summed E-state index contributed by atoms with van der Waals surface area (Å²) in [6.07, 6.45) is -3.31. The van der Waals surface area contributed by atoms with Gasteiger partial charge in [0, 0.05) is 18.5 Å². The lowest BCUT2D eigenvalue weighted by Crippen LogP contribution is -2.38. The number of amides is 1. The first-order valence-electron chi connectivity index (χ1n) is 8.75. The molecule has 2 heterocycles. The van der Waals surface area contributed by atoms with E-state index in [-0.39, 0.29) is 11.8 Å². The van der Waals surface area contributed by atoms with E-state index in [1.165, 1.54) is 17.6 Å². The highest BCUT2D eigenvalue weighted by Gasteiger charge is 2.36. The third-order valence-corrected chi connectivity index (χ3v) is 5.93. The lowest BCUT2D eigenvalue weighted by molar-refractivity contribution is -0.138. The molecule has 1 aromatic heterocycles. The average Bonchev–Trinajstić information content (AvgIpc) is 3.11. The Morgan fingerprint density at radius 3 is 2.44 bits per heavy atom. The molecule has 0 atom stereocenters. The summed E-state index contributed by atoms with van der Waals surface area (Å²) in [6, 6.07) is 13.2. The molecule has 0 N–H and O–H groups in total. The van der Waals surface area contributed by atoms with Gasteiger partial charge in [0.25, 0.3) is 5.91 Å². The highest BCUT2D eigenvalue weighted by molar-refractivity contribution is 7.09. The molecule has 4 rings (SSSR count). The summed E-state index contributed by atoms with van der Waals surface area (Å²) in [5.41, 5.74) is 0.559. The molecule has 0 spiro atoms. The largest absolute Gasteiger partial charge is 0.416 e. The van der Waals surface area contributed by atoms with Crippen LogP contribution < -0.4 is 0 Å². The van der Waals surface area contributed by atoms with Gasteiger partial charge in [0.2, 0.25) is 0 Å². The minimum atomic E-state index is -4.36. The van der Waals surface area contributed by atoms with Gasteiger partial charge in [-0.1, -0.05) is 36.4 Å². The smallest absolute Gasteiger partial charge is 0.338 e. The van der Waals surface area contributed by atoms with Gasteiger partial charge >= 0.3 is 6.18 Å². The zero-order valence-electron chi connectivity index (χ0n) is 14.4. The minimum absolute atomic E-state index is 0.0868. The summed E-state index contributed by atoms with van der Waals surface area (Å²) in [5.74, 6) is -0.277. The molecule has 0 bridgehead atoms. The van der Waals surface area contributed by atoms with Crippen molar-refractivity contribution in [2.45, 2.75) is 24.9 Å². The van der Waals surface area contributed by atoms with Crippen LogP contribution in [0.5, 0.6) is 0 Å². The molecule has 27 heavy (non-hydrogen) atoms. The monoisotopic (exact) mass is 390 g/mol. The fourth-order valence-electron chi connectivity index (χ4n) is 3.69. The second kappa shape index (κ2) is 6.96. The maximum atomic E-state index is 13.3. The number of rotatable bonds is 2. The Labute approximate surface area is 158 Å². The predicted octanol–water partition coefficient (Wildman–Crippen LogP) is 5.33. The van der Waals surface area contributed by atoms with E-state index in [0.29, 0.717) is 36.4 Å². The van der Waals surface area contributed by atoms with Crippen molar-refractivity contribution < 1.29 is 18.0 Å². The number of halogens is 3. The summed E-state index contributed by atoms with van der Waals surface area (Å²) in [7, 11) is 0. The zero-order valence-corrected chi connectivity index (χ0v) is 15.2. The number of likely N-dealkylation sites (tertiary alicyclic amines) is 1. The van der Waals surface area contributed by atoms with Crippen LogP contribution in [0.15, 0.2) is 48.5 Å². The lowest BCUT2D eigenvalue weighted by atomic mass is 9.86. The van der Waals surface area contributed by atoms with E-state index in [4.69, 9.17) is 0 Å². The molecule has 7 heteroatoms. The summed E-state index contributed by atoms with van der Waals surface area (Å²) < 4.78 is 44.1. The second-order valence-corrected chi connectivity index (χ2v) is 7.45. The molecular formula is C20H17F3N2OS. The average molecular weight is 390 g/mol. The summed E-state index contributed by atoms with van der Waals surface area (Å²) in [4.78, 5) is 15.2. The Morgan fingerprint density at radius 1 is 1.04 bits per heavy atom. The van der Waals surface area contributed by atoms with Crippen molar-refractivity contribution in [2.24, 2.45) is 0 Å². The van der Waals surface area contributed by atoms with Gasteiger partial charge in [0.15, 0.2) is 0 Å². The maximum absolute atomic E-state index is 13.3. The fraction of sp³-hybridized carbons (Fsp3) is 0.300. The molecule has 1 saturated heterocycles. The van der Waals surface area contributed by atoms with Crippen molar-refractivity contribution in [1.29, 1.82) is 0 Å². The van der Waals surface area contributed by atoms with E-state index in [2.05, 4.69) is 4.37 Å². The van der Waals surface area contributed by atoms with Crippen molar-refractivity contribution in [1.82, 2.24) is 9.27 Å². The third-order valence-electron chi connectivity index (χ3n) is 5.07. The first kappa shape index (κ1) is 18.0. The number of nitrogens with zero attached hydrogens (tertiary/aromatic N) is 2. The zero-order chi connectivity index (χ0) is 19.0. The van der Waals surface area contributed by atoms with Crippen LogP contribution in [0.25, 0.3) is 10.9 Å². The van der Waals surface area contributed by atoms with Crippen molar-refractivity contribution in [3.8, 4) is 0 Å². The van der Waals surface area contributed by atoms with Gasteiger partial charge in [-0.05, 0) is 48.0 Å². The number of carbonyl (C=O) groups is 1. The first-order valence-corrected chi connectivity index (χ1v) is 9.52. The molecule has 1 fully saturated rings. The Bertz CT molecular complexity index is 975. The number of benzene rings is 2. The molecule has 0 radical (unpaired) electrons. The van der Waals surface area contributed by atoms with Crippen molar-refractivity contribution in [3.63, 3.8) is 0 Å². The van der Waals surface area contributed by atoms with E-state index in [0.717, 1.165) is 17.0 Å². The third kappa shape index (κ3) is 3.43. The second-order valence-electron chi connectivity index (χ2n) is 6.68. The molecule has 0 saturated carbocycles. The molecule has 0 aliphatic carbocycles. The quantitative estimate of drug-likeness (QED) is 0.592. The van der Waals surface area contributed by atoms with E-state index in [1.807, 2.05) is 24.3 Å². The molecule has 1 aliphatic rings. The number of hydrogen-bond donors (Lipinski definition) is 0. The number of piperidine rings is 1. The normalized spacial score (nSPS) is 16.0. The van der Waals surface area contributed by atoms with Gasteiger partial charge in [-0.25, -0.2) is 0 Å². The van der Waals surface area contributed by atoms with Crippen molar-refractivity contribution in [2.75, 3.05) is 13.1 Å². The molecule has 0 unspecified atom stereocenters. The summed E-state index contributed by atoms with van der Waals surface area (Å²) in [5, 5.41) is 0.831. The van der Waals surface area contributed by atoms with Crippen LogP contribution in [-0.4, -0.2) is 28.3 Å². The van der Waals surface area contributed by atoms with Crippen molar-refractivity contribution >= 4 is 28.3 Å². The van der Waals surface area contributed by atoms with Crippen LogP contribution >= 0.6 is 11.5 Å². The highest BCUT2D eigenvalue weighted by atomic mass is 32.1. The summed E-state index contributed by atoms with van der Waals surface area (Å²) in [6.45, 7) is 0.893. The van der Waals surface area contributed by atoms with E-state index < -0.39 is 11.7 Å². The molecule has 1 aliphatic heterocycles. The van der Waals surface area contributed by atoms with Crippen LogP contribution in [-0.2, 0) is 6.18 Å². The van der Waals surface area contributed by atoms with E-state index >= 15 is 0 Å². The maximum Gasteiger partial charge on any atom is 0.416 e. The highest BCUT2D eigenvalue weighted by Crippen LogP contribution is 2.39. The Hall–Kier alpha value is -2.41. The molecule has 3 aromatic rings. The van der Waals surface area contributed by atoms with Gasteiger partial charge in [-0.2, -0.15) is 17.5 Å². The predicted molar refractivity (Wildman–Crippen MR) is 98.9 cm³/mol. The van der Waals surface area contributed by atoms with Crippen molar-refractivity contribution in [3.05, 3.63) is 64.5 Å². The number of alkyl halides is 3. The van der Waals surface area contributed by atoms with Gasteiger partial charge in [0.1, 0.15) is 4.88 Å². The number of aromatic nitrogens is 1. The van der Waals surface area contributed by atoms with Gasteiger partial charge in [-0.3, -0.25) is 4.79 Å². The number of carbonyl (C=O) groups excluding carboxylic acids is 1. The Kier molecular flexibility index (Phi) is 4.63. The summed E-state index contributed by atoms with van der Waals surface area (Å²) >= 11 is 1.18. The SMILES string of the molecule is O=C(c1snc2ccccc12)N1CCC(c2ccccc2C(F)(F)F)CC1. The van der Waals surface area contributed by atoms with Crippen LogP contribution in [0.3, 0.4) is 0 Å². The van der Waals surface area contributed by atoms with Gasteiger partial charge in [0.05, 0.1) is 11.1 Å². The lowest BCUT2D eigenvalue weighted by Gasteiger charge is -2.33. The van der Waals surface area contributed by atoms with E-state index in [1.54, 1.807) is 17.0 Å². The Morgan fingerprint density at radius 2 is 1.70 bits per heavy atom. The molecule has 2 aromatic carbocycles. The Balaban J connectivity index is 1.51.